The average molecular weight is 446 g/mol. The van der Waals surface area contributed by atoms with Crippen molar-refractivity contribution < 1.29 is 9.47 Å². The van der Waals surface area contributed by atoms with Gasteiger partial charge in [0.05, 0.1) is 6.10 Å². The topological polar surface area (TPSA) is 51.3 Å². The van der Waals surface area contributed by atoms with Crippen molar-refractivity contribution in [1.82, 2.24) is 4.98 Å². The zero-order valence-electron chi connectivity index (χ0n) is 19.9. The standard InChI is InChI=1S/C29H35NO3/c1-3-7-22-11-13-23(14-12-22)15-16-26-29(24-9-6-8-21(2)18-24)27(31)19-28(30-26)33-20-25-10-4-5-17-32-25/h6,8-9,11-14,18-19,25H,3-5,7,10,15-17,20H2,1-2H3,(H,30,31). The van der Waals surface area contributed by atoms with Crippen molar-refractivity contribution >= 4 is 0 Å². The molecule has 1 aromatic heterocycles. The summed E-state index contributed by atoms with van der Waals surface area (Å²) in [4.78, 5) is 16.7. The molecule has 3 aromatic rings. The van der Waals surface area contributed by atoms with Crippen LogP contribution in [-0.4, -0.2) is 24.3 Å². The minimum absolute atomic E-state index is 0.00722. The molecule has 1 atom stereocenters. The Morgan fingerprint density at radius 1 is 1.00 bits per heavy atom. The first-order chi connectivity index (χ1) is 16.1. The highest BCUT2D eigenvalue weighted by molar-refractivity contribution is 5.67. The van der Waals surface area contributed by atoms with Crippen molar-refractivity contribution in [2.45, 2.75) is 64.9 Å². The van der Waals surface area contributed by atoms with Crippen LogP contribution in [0.2, 0.25) is 0 Å². The van der Waals surface area contributed by atoms with E-state index in [1.807, 2.05) is 12.1 Å². The molecule has 2 heterocycles. The van der Waals surface area contributed by atoms with Crippen molar-refractivity contribution in [1.29, 1.82) is 0 Å². The highest BCUT2D eigenvalue weighted by Crippen LogP contribution is 2.24. The molecule has 0 bridgehead atoms. The Hall–Kier alpha value is -2.85. The quantitative estimate of drug-likeness (QED) is 0.437. The summed E-state index contributed by atoms with van der Waals surface area (Å²) in [5.74, 6) is 0.527. The summed E-state index contributed by atoms with van der Waals surface area (Å²) >= 11 is 0. The average Bonchev–Trinajstić information content (AvgIpc) is 2.83. The van der Waals surface area contributed by atoms with Gasteiger partial charge in [-0.1, -0.05) is 67.4 Å². The summed E-state index contributed by atoms with van der Waals surface area (Å²) < 4.78 is 11.8. The number of aryl methyl sites for hydroxylation is 4. The molecule has 0 aliphatic carbocycles. The predicted octanol–water partition coefficient (Wildman–Crippen LogP) is 6.04. The van der Waals surface area contributed by atoms with Crippen molar-refractivity contribution in [3.8, 4) is 17.0 Å². The number of hydrogen-bond acceptors (Lipinski definition) is 3. The Labute approximate surface area is 197 Å². The van der Waals surface area contributed by atoms with E-state index in [0.717, 1.165) is 67.5 Å². The van der Waals surface area contributed by atoms with Crippen LogP contribution in [-0.2, 0) is 24.0 Å². The molecule has 1 N–H and O–H groups in total. The summed E-state index contributed by atoms with van der Waals surface area (Å²) in [7, 11) is 0. The summed E-state index contributed by atoms with van der Waals surface area (Å²) in [5, 5.41) is 0. The molecule has 174 valence electrons. The molecule has 4 rings (SSSR count). The molecule has 0 radical (unpaired) electrons. The van der Waals surface area contributed by atoms with Gasteiger partial charge in [-0.15, -0.1) is 0 Å². The Balaban J connectivity index is 1.57. The number of aromatic amines is 1. The molecule has 1 saturated heterocycles. The van der Waals surface area contributed by atoms with Gasteiger partial charge in [-0.25, -0.2) is 0 Å². The fraction of sp³-hybridized carbons (Fsp3) is 0.414. The molecule has 0 saturated carbocycles. The first kappa shape index (κ1) is 23.3. The van der Waals surface area contributed by atoms with Gasteiger partial charge in [0.15, 0.2) is 11.3 Å². The normalized spacial score (nSPS) is 16.0. The van der Waals surface area contributed by atoms with Crippen LogP contribution in [0, 0.1) is 6.92 Å². The summed E-state index contributed by atoms with van der Waals surface area (Å²) in [5.41, 5.74) is 6.38. The Kier molecular flexibility index (Phi) is 8.01. The van der Waals surface area contributed by atoms with E-state index >= 15 is 0 Å². The SMILES string of the molecule is CCCc1ccc(CCc2[nH]c(OCC3CCCCO3)cc(=O)c2-c2cccc(C)c2)cc1. The molecule has 33 heavy (non-hydrogen) atoms. The number of ether oxygens (including phenoxy) is 2. The van der Waals surface area contributed by atoms with Crippen LogP contribution >= 0.6 is 0 Å². The van der Waals surface area contributed by atoms with Crippen LogP contribution < -0.4 is 10.2 Å². The van der Waals surface area contributed by atoms with E-state index < -0.39 is 0 Å². The molecule has 1 aliphatic rings. The van der Waals surface area contributed by atoms with Gasteiger partial charge in [-0.3, -0.25) is 4.79 Å². The summed E-state index contributed by atoms with van der Waals surface area (Å²) in [6.45, 7) is 5.51. The van der Waals surface area contributed by atoms with Gasteiger partial charge >= 0.3 is 0 Å². The smallest absolute Gasteiger partial charge is 0.194 e. The number of nitrogens with one attached hydrogen (secondary N) is 1. The van der Waals surface area contributed by atoms with Crippen LogP contribution in [0.5, 0.6) is 5.88 Å². The summed E-state index contributed by atoms with van der Waals surface area (Å²) in [6, 6.07) is 18.6. The molecule has 1 unspecified atom stereocenters. The monoisotopic (exact) mass is 445 g/mol. The first-order valence-electron chi connectivity index (χ1n) is 12.3. The fourth-order valence-corrected chi connectivity index (χ4v) is 4.52. The molecule has 4 nitrogen and oxygen atoms in total. The van der Waals surface area contributed by atoms with Crippen LogP contribution in [0.1, 0.15) is 55.0 Å². The third-order valence-electron chi connectivity index (χ3n) is 6.32. The molecule has 0 amide bonds. The lowest BCUT2D eigenvalue weighted by molar-refractivity contribution is -0.0119. The van der Waals surface area contributed by atoms with E-state index in [1.165, 1.54) is 17.5 Å². The van der Waals surface area contributed by atoms with Crippen LogP contribution in [0.3, 0.4) is 0 Å². The van der Waals surface area contributed by atoms with Crippen molar-refractivity contribution in [3.63, 3.8) is 0 Å². The number of aromatic nitrogens is 1. The molecule has 1 fully saturated rings. The van der Waals surface area contributed by atoms with E-state index in [-0.39, 0.29) is 11.5 Å². The zero-order valence-corrected chi connectivity index (χ0v) is 19.9. The maximum absolute atomic E-state index is 13.2. The third-order valence-corrected chi connectivity index (χ3v) is 6.32. The second-order valence-electron chi connectivity index (χ2n) is 9.09. The van der Waals surface area contributed by atoms with E-state index in [1.54, 1.807) is 6.07 Å². The van der Waals surface area contributed by atoms with E-state index in [2.05, 4.69) is 55.2 Å². The number of H-pyrrole nitrogens is 1. The third kappa shape index (κ3) is 6.35. The lowest BCUT2D eigenvalue weighted by atomic mass is 9.97. The molecular weight excluding hydrogens is 410 g/mol. The van der Waals surface area contributed by atoms with Gasteiger partial charge in [0.25, 0.3) is 0 Å². The predicted molar refractivity (Wildman–Crippen MR) is 134 cm³/mol. The van der Waals surface area contributed by atoms with Gasteiger partial charge in [0, 0.05) is 23.9 Å². The van der Waals surface area contributed by atoms with Gasteiger partial charge in [-0.2, -0.15) is 0 Å². The highest BCUT2D eigenvalue weighted by Gasteiger charge is 2.17. The van der Waals surface area contributed by atoms with Crippen molar-refractivity contribution in [3.05, 3.63) is 87.2 Å². The fourth-order valence-electron chi connectivity index (χ4n) is 4.52. The Bertz CT molecular complexity index is 1090. The lowest BCUT2D eigenvalue weighted by Gasteiger charge is -2.22. The lowest BCUT2D eigenvalue weighted by Crippen LogP contribution is -2.26. The molecule has 2 aromatic carbocycles. The van der Waals surface area contributed by atoms with Gasteiger partial charge in [0.2, 0.25) is 0 Å². The number of benzene rings is 2. The van der Waals surface area contributed by atoms with E-state index in [9.17, 15) is 4.79 Å². The van der Waals surface area contributed by atoms with Crippen LogP contribution in [0.15, 0.2) is 59.4 Å². The van der Waals surface area contributed by atoms with Crippen LogP contribution in [0.4, 0.5) is 0 Å². The maximum atomic E-state index is 13.2. The summed E-state index contributed by atoms with van der Waals surface area (Å²) in [6.07, 6.45) is 7.24. The number of pyridine rings is 1. The Morgan fingerprint density at radius 3 is 2.48 bits per heavy atom. The van der Waals surface area contributed by atoms with Gasteiger partial charge in [0.1, 0.15) is 6.61 Å². The number of hydrogen-bond donors (Lipinski definition) is 1. The van der Waals surface area contributed by atoms with Crippen LogP contribution in [0.25, 0.3) is 11.1 Å². The second-order valence-corrected chi connectivity index (χ2v) is 9.09. The highest BCUT2D eigenvalue weighted by atomic mass is 16.5. The first-order valence-corrected chi connectivity index (χ1v) is 12.3. The zero-order chi connectivity index (χ0) is 23.0. The molecular formula is C29H35NO3. The van der Waals surface area contributed by atoms with E-state index in [0.29, 0.717) is 12.5 Å². The van der Waals surface area contributed by atoms with Crippen molar-refractivity contribution in [2.24, 2.45) is 0 Å². The minimum Gasteiger partial charge on any atom is -0.476 e. The largest absolute Gasteiger partial charge is 0.476 e. The Morgan fingerprint density at radius 2 is 1.79 bits per heavy atom. The minimum atomic E-state index is -0.00722. The van der Waals surface area contributed by atoms with Gasteiger partial charge < -0.3 is 14.5 Å². The molecule has 0 spiro atoms. The van der Waals surface area contributed by atoms with E-state index in [4.69, 9.17) is 9.47 Å². The molecule has 1 aliphatic heterocycles. The molecule has 4 heteroatoms. The second kappa shape index (κ2) is 11.3. The van der Waals surface area contributed by atoms with Crippen molar-refractivity contribution in [2.75, 3.05) is 13.2 Å². The maximum Gasteiger partial charge on any atom is 0.194 e. The van der Waals surface area contributed by atoms with Gasteiger partial charge in [-0.05, 0) is 62.1 Å². The number of rotatable bonds is 9.